The molecule has 7 heteroatoms. The second-order valence-electron chi connectivity index (χ2n) is 3.77. The van der Waals surface area contributed by atoms with Crippen LogP contribution in [0.1, 0.15) is 10.4 Å². The Hall–Kier alpha value is -2.15. The zero-order valence-electron chi connectivity index (χ0n) is 10.3. The van der Waals surface area contributed by atoms with Gasteiger partial charge in [-0.3, -0.25) is 9.59 Å². The molecule has 0 fully saturated rings. The van der Waals surface area contributed by atoms with Gasteiger partial charge in [0, 0.05) is 13.7 Å². The molecule has 0 aliphatic heterocycles. The number of carbonyl (C=O) groups excluding carboxylic acids is 1. The molecule has 0 bridgehead atoms. The number of aromatic hydroxyl groups is 1. The van der Waals surface area contributed by atoms with E-state index in [1.807, 2.05) is 0 Å². The molecule has 0 aromatic heterocycles. The summed E-state index contributed by atoms with van der Waals surface area (Å²) in [4.78, 5) is 23.7. The number of carboxylic acid groups (broad SMARTS) is 1. The van der Waals surface area contributed by atoms with Crippen LogP contribution in [0.3, 0.4) is 0 Å². The van der Waals surface area contributed by atoms with Gasteiger partial charge in [0.15, 0.2) is 0 Å². The number of rotatable bonds is 6. The molecular formula is C12H14FNO5. The zero-order valence-corrected chi connectivity index (χ0v) is 10.3. The van der Waals surface area contributed by atoms with Crippen LogP contribution in [-0.2, 0) is 9.53 Å². The number of halogens is 1. The lowest BCUT2D eigenvalue weighted by molar-refractivity contribution is -0.137. The summed E-state index contributed by atoms with van der Waals surface area (Å²) in [6.45, 7) is -0.398. The van der Waals surface area contributed by atoms with Crippen molar-refractivity contribution in [2.45, 2.75) is 0 Å². The van der Waals surface area contributed by atoms with Gasteiger partial charge in [0.1, 0.15) is 18.1 Å². The average Bonchev–Trinajstić information content (AvgIpc) is 2.36. The van der Waals surface area contributed by atoms with Crippen molar-refractivity contribution in [3.8, 4) is 5.75 Å². The van der Waals surface area contributed by atoms with Crippen LogP contribution in [-0.4, -0.2) is 53.8 Å². The minimum absolute atomic E-state index is 0.0254. The first kappa shape index (κ1) is 14.9. The molecule has 1 aromatic carbocycles. The quantitative estimate of drug-likeness (QED) is 0.795. The topological polar surface area (TPSA) is 87.1 Å². The van der Waals surface area contributed by atoms with E-state index >= 15 is 0 Å². The summed E-state index contributed by atoms with van der Waals surface area (Å²) < 4.78 is 17.8. The predicted octanol–water partition coefficient (Wildman–Crippen LogP) is 0.704. The number of aliphatic carboxylic acids is 1. The molecule has 0 saturated carbocycles. The van der Waals surface area contributed by atoms with E-state index in [9.17, 15) is 19.1 Å². The van der Waals surface area contributed by atoms with Gasteiger partial charge in [-0.15, -0.1) is 0 Å². The molecule has 2 N–H and O–H groups in total. The van der Waals surface area contributed by atoms with Crippen molar-refractivity contribution in [3.05, 3.63) is 29.6 Å². The fraction of sp³-hybridized carbons (Fsp3) is 0.333. The molecule has 0 radical (unpaired) electrons. The first-order chi connectivity index (χ1) is 8.95. The second kappa shape index (κ2) is 6.69. The van der Waals surface area contributed by atoms with E-state index in [-0.39, 0.29) is 18.7 Å². The van der Waals surface area contributed by atoms with Gasteiger partial charge in [-0.05, 0) is 18.2 Å². The van der Waals surface area contributed by atoms with Gasteiger partial charge >= 0.3 is 5.97 Å². The van der Waals surface area contributed by atoms with Gasteiger partial charge in [0.25, 0.3) is 5.91 Å². The summed E-state index contributed by atoms with van der Waals surface area (Å²) in [7, 11) is 1.41. The number of benzene rings is 1. The van der Waals surface area contributed by atoms with Gasteiger partial charge in [0.05, 0.1) is 12.2 Å². The van der Waals surface area contributed by atoms with E-state index in [1.54, 1.807) is 0 Å². The molecule has 1 aromatic rings. The number of phenols is 1. The monoisotopic (exact) mass is 271 g/mol. The van der Waals surface area contributed by atoms with Crippen LogP contribution in [0.2, 0.25) is 0 Å². The Morgan fingerprint density at radius 1 is 1.42 bits per heavy atom. The molecule has 0 atom stereocenters. The molecule has 0 saturated heterocycles. The molecule has 0 unspecified atom stereocenters. The van der Waals surface area contributed by atoms with Gasteiger partial charge in [0.2, 0.25) is 0 Å². The first-order valence-electron chi connectivity index (χ1n) is 5.44. The number of hydrogen-bond donors (Lipinski definition) is 2. The van der Waals surface area contributed by atoms with Crippen LogP contribution < -0.4 is 0 Å². The normalized spacial score (nSPS) is 10.2. The van der Waals surface area contributed by atoms with E-state index in [1.165, 1.54) is 7.11 Å². The molecule has 104 valence electrons. The van der Waals surface area contributed by atoms with E-state index in [4.69, 9.17) is 9.84 Å². The van der Waals surface area contributed by atoms with E-state index in [0.29, 0.717) is 0 Å². The van der Waals surface area contributed by atoms with Crippen molar-refractivity contribution in [1.82, 2.24) is 4.90 Å². The lowest BCUT2D eigenvalue weighted by Gasteiger charge is -2.20. The highest BCUT2D eigenvalue weighted by Gasteiger charge is 2.21. The second-order valence-corrected chi connectivity index (χ2v) is 3.77. The molecule has 1 rings (SSSR count). The van der Waals surface area contributed by atoms with E-state index < -0.39 is 30.0 Å². The predicted molar refractivity (Wildman–Crippen MR) is 63.5 cm³/mol. The Bertz CT molecular complexity index is 477. The van der Waals surface area contributed by atoms with Gasteiger partial charge in [-0.2, -0.15) is 0 Å². The minimum atomic E-state index is -1.21. The smallest absolute Gasteiger partial charge is 0.323 e. The van der Waals surface area contributed by atoms with Gasteiger partial charge in [-0.25, -0.2) is 4.39 Å². The number of carbonyl (C=O) groups is 2. The number of ether oxygens (including phenoxy) is 1. The van der Waals surface area contributed by atoms with Gasteiger partial charge < -0.3 is 19.8 Å². The van der Waals surface area contributed by atoms with E-state index in [2.05, 4.69) is 0 Å². The summed E-state index contributed by atoms with van der Waals surface area (Å²) in [5.74, 6) is -3.07. The van der Waals surface area contributed by atoms with Gasteiger partial charge in [-0.1, -0.05) is 0 Å². The fourth-order valence-corrected chi connectivity index (χ4v) is 1.47. The van der Waals surface area contributed by atoms with Crippen molar-refractivity contribution in [1.29, 1.82) is 0 Å². The van der Waals surface area contributed by atoms with Crippen molar-refractivity contribution < 1.29 is 28.9 Å². The van der Waals surface area contributed by atoms with Crippen molar-refractivity contribution in [2.24, 2.45) is 0 Å². The van der Waals surface area contributed by atoms with Crippen LogP contribution in [0, 0.1) is 5.82 Å². The Morgan fingerprint density at radius 2 is 2.11 bits per heavy atom. The highest BCUT2D eigenvalue weighted by molar-refractivity contribution is 5.98. The maximum absolute atomic E-state index is 13.1. The van der Waals surface area contributed by atoms with Crippen molar-refractivity contribution >= 4 is 11.9 Å². The minimum Gasteiger partial charge on any atom is -0.507 e. The van der Waals surface area contributed by atoms with Crippen LogP contribution in [0.25, 0.3) is 0 Å². The number of carboxylic acids is 1. The lowest BCUT2D eigenvalue weighted by atomic mass is 10.1. The third-order valence-electron chi connectivity index (χ3n) is 2.37. The third-order valence-corrected chi connectivity index (χ3v) is 2.37. The average molecular weight is 271 g/mol. The molecule has 19 heavy (non-hydrogen) atoms. The summed E-state index contributed by atoms with van der Waals surface area (Å²) in [5.41, 5.74) is -0.280. The SMILES string of the molecule is COCCN(CC(=O)O)C(=O)c1cc(F)ccc1O. The summed E-state index contributed by atoms with van der Waals surface area (Å²) in [6, 6.07) is 2.90. The molecule has 0 aliphatic rings. The maximum Gasteiger partial charge on any atom is 0.323 e. The van der Waals surface area contributed by atoms with Crippen LogP contribution in [0.4, 0.5) is 4.39 Å². The first-order valence-corrected chi connectivity index (χ1v) is 5.44. The molecule has 1 amide bonds. The summed E-state index contributed by atoms with van der Waals surface area (Å²) >= 11 is 0. The molecule has 0 spiro atoms. The molecular weight excluding hydrogens is 257 g/mol. The fourth-order valence-electron chi connectivity index (χ4n) is 1.47. The number of hydrogen-bond acceptors (Lipinski definition) is 4. The third kappa shape index (κ3) is 4.22. The Balaban J connectivity index is 2.97. The summed E-state index contributed by atoms with van der Waals surface area (Å²) in [5, 5.41) is 18.3. The van der Waals surface area contributed by atoms with Crippen LogP contribution >= 0.6 is 0 Å². The Kier molecular flexibility index (Phi) is 5.25. The number of amides is 1. The highest BCUT2D eigenvalue weighted by Crippen LogP contribution is 2.19. The standard InChI is InChI=1S/C12H14FNO5/c1-19-5-4-14(7-11(16)17)12(18)9-6-8(13)2-3-10(9)15/h2-3,6,15H,4-5,7H2,1H3,(H,16,17). The lowest BCUT2D eigenvalue weighted by Crippen LogP contribution is -2.38. The number of methoxy groups -OCH3 is 1. The molecule has 0 aliphatic carbocycles. The molecule has 6 nitrogen and oxygen atoms in total. The number of phenolic OH excluding ortho intramolecular Hbond substituents is 1. The summed E-state index contributed by atoms with van der Waals surface area (Å²) in [6.07, 6.45) is 0. The largest absolute Gasteiger partial charge is 0.507 e. The molecule has 0 heterocycles. The zero-order chi connectivity index (χ0) is 14.4. The maximum atomic E-state index is 13.1. The van der Waals surface area contributed by atoms with Crippen LogP contribution in [0.15, 0.2) is 18.2 Å². The Morgan fingerprint density at radius 3 is 2.68 bits per heavy atom. The van der Waals surface area contributed by atoms with Crippen LogP contribution in [0.5, 0.6) is 5.75 Å². The Labute approximate surface area is 109 Å². The van der Waals surface area contributed by atoms with E-state index in [0.717, 1.165) is 23.1 Å². The van der Waals surface area contributed by atoms with Crippen molar-refractivity contribution in [3.63, 3.8) is 0 Å². The number of nitrogens with zero attached hydrogens (tertiary/aromatic N) is 1. The highest BCUT2D eigenvalue weighted by atomic mass is 19.1. The van der Waals surface area contributed by atoms with Crippen molar-refractivity contribution in [2.75, 3.05) is 26.8 Å².